The molecule has 3 rings (SSSR count). The fraction of sp³-hybridized carbons (Fsp3) is 0.182. The van der Waals surface area contributed by atoms with Gasteiger partial charge in [0.15, 0.2) is 11.6 Å². The number of nitrogens with zero attached hydrogens (tertiary/aromatic N) is 4. The van der Waals surface area contributed by atoms with Crippen LogP contribution in [0, 0.1) is 11.6 Å². The van der Waals surface area contributed by atoms with Gasteiger partial charge in [0.25, 0.3) is 0 Å². The van der Waals surface area contributed by atoms with Crippen LogP contribution in [0.25, 0.3) is 17.0 Å². The summed E-state index contributed by atoms with van der Waals surface area (Å²) in [6.07, 6.45) is 1.35. The first-order valence-electron chi connectivity index (χ1n) is 9.89. The summed E-state index contributed by atoms with van der Waals surface area (Å²) in [6.45, 7) is 1.94. The van der Waals surface area contributed by atoms with Crippen LogP contribution >= 0.6 is 0 Å². The number of nitrogens with two attached hydrogens (primary N) is 3. The standard InChI is InChI=1S/C22H23F2N7O2/c1-12(8-20(32)33)17-7-2-4-13(28-17)10-31(27)11-16(25)19-9-18(29-22(26)30-19)14-5-3-6-15(23)21(14)24/h2-7,9,11-12H,8,10,25,27H2,1H3,(H,32,33)(H2,26,29,30)/b16-11-. The Bertz CT molecular complexity index is 1200. The first-order valence-corrected chi connectivity index (χ1v) is 9.89. The van der Waals surface area contributed by atoms with Crippen LogP contribution < -0.4 is 17.3 Å². The van der Waals surface area contributed by atoms with Gasteiger partial charge in [-0.2, -0.15) is 0 Å². The molecule has 0 amide bonds. The molecule has 0 saturated carbocycles. The summed E-state index contributed by atoms with van der Waals surface area (Å²) in [5, 5.41) is 10.2. The number of benzene rings is 1. The van der Waals surface area contributed by atoms with Crippen LogP contribution in [0.2, 0.25) is 0 Å². The van der Waals surface area contributed by atoms with Gasteiger partial charge in [0, 0.05) is 23.4 Å². The lowest BCUT2D eigenvalue weighted by Crippen LogP contribution is -2.26. The third-order valence-electron chi connectivity index (χ3n) is 4.73. The van der Waals surface area contributed by atoms with E-state index in [2.05, 4.69) is 15.0 Å². The predicted molar refractivity (Wildman–Crippen MR) is 119 cm³/mol. The minimum absolute atomic E-state index is 0.0426. The molecule has 1 aromatic carbocycles. The Labute approximate surface area is 188 Å². The Morgan fingerprint density at radius 3 is 2.64 bits per heavy atom. The summed E-state index contributed by atoms with van der Waals surface area (Å²) in [4.78, 5) is 23.4. The van der Waals surface area contributed by atoms with E-state index in [0.29, 0.717) is 11.4 Å². The highest BCUT2D eigenvalue weighted by Crippen LogP contribution is 2.25. The van der Waals surface area contributed by atoms with Gasteiger partial charge in [-0.1, -0.05) is 19.1 Å². The maximum atomic E-state index is 14.2. The van der Waals surface area contributed by atoms with E-state index in [-0.39, 0.29) is 47.5 Å². The fourth-order valence-corrected chi connectivity index (χ4v) is 3.16. The van der Waals surface area contributed by atoms with Crippen molar-refractivity contribution in [3.63, 3.8) is 0 Å². The van der Waals surface area contributed by atoms with Gasteiger partial charge in [0.2, 0.25) is 5.95 Å². The van der Waals surface area contributed by atoms with E-state index < -0.39 is 17.6 Å². The number of nitrogen functional groups attached to an aromatic ring is 1. The van der Waals surface area contributed by atoms with Crippen LogP contribution in [0.3, 0.4) is 0 Å². The topological polar surface area (TPSA) is 157 Å². The SMILES string of the molecule is CC(CC(=O)O)c1cccc(CN(N)/C=C(\N)c2cc(-c3cccc(F)c3F)nc(N)n2)n1. The zero-order chi connectivity index (χ0) is 24.1. The number of rotatable bonds is 8. The predicted octanol–water partition coefficient (Wildman–Crippen LogP) is 2.61. The molecule has 0 aliphatic carbocycles. The summed E-state index contributed by atoms with van der Waals surface area (Å²) >= 11 is 0. The molecule has 11 heteroatoms. The lowest BCUT2D eigenvalue weighted by atomic mass is 10.0. The van der Waals surface area contributed by atoms with Gasteiger partial charge < -0.3 is 21.6 Å². The number of pyridine rings is 1. The highest BCUT2D eigenvalue weighted by atomic mass is 19.2. The highest BCUT2D eigenvalue weighted by Gasteiger charge is 2.15. The maximum Gasteiger partial charge on any atom is 0.304 e. The number of aliphatic carboxylic acids is 1. The molecule has 3 aromatic rings. The van der Waals surface area contributed by atoms with E-state index >= 15 is 0 Å². The Balaban J connectivity index is 1.81. The molecule has 172 valence electrons. The lowest BCUT2D eigenvalue weighted by molar-refractivity contribution is -0.137. The Morgan fingerprint density at radius 1 is 1.18 bits per heavy atom. The second-order valence-corrected chi connectivity index (χ2v) is 7.41. The van der Waals surface area contributed by atoms with Crippen molar-refractivity contribution in [2.45, 2.75) is 25.8 Å². The number of hydrazine groups is 1. The molecule has 2 heterocycles. The fourth-order valence-electron chi connectivity index (χ4n) is 3.16. The molecule has 7 N–H and O–H groups in total. The van der Waals surface area contributed by atoms with E-state index in [1.54, 1.807) is 25.1 Å². The number of hydrogen-bond donors (Lipinski definition) is 4. The molecule has 2 aromatic heterocycles. The quantitative estimate of drug-likeness (QED) is 0.296. The van der Waals surface area contributed by atoms with Gasteiger partial charge in [-0.3, -0.25) is 9.78 Å². The Hall–Kier alpha value is -4.12. The molecule has 0 radical (unpaired) electrons. The molecular weight excluding hydrogens is 432 g/mol. The van der Waals surface area contributed by atoms with Crippen molar-refractivity contribution in [2.75, 3.05) is 5.73 Å². The first kappa shape index (κ1) is 23.5. The molecule has 0 aliphatic rings. The van der Waals surface area contributed by atoms with Gasteiger partial charge in [-0.25, -0.2) is 24.6 Å². The van der Waals surface area contributed by atoms with Crippen LogP contribution in [-0.2, 0) is 11.3 Å². The summed E-state index contributed by atoms with van der Waals surface area (Å²) in [6, 6.07) is 10.3. The van der Waals surface area contributed by atoms with Gasteiger partial charge in [-0.05, 0) is 30.3 Å². The van der Waals surface area contributed by atoms with Crippen molar-refractivity contribution < 1.29 is 18.7 Å². The number of carbonyl (C=O) groups is 1. The van der Waals surface area contributed by atoms with E-state index in [1.165, 1.54) is 29.4 Å². The van der Waals surface area contributed by atoms with Crippen molar-refractivity contribution in [3.05, 3.63) is 77.4 Å². The highest BCUT2D eigenvalue weighted by molar-refractivity contribution is 5.68. The maximum absolute atomic E-state index is 14.2. The van der Waals surface area contributed by atoms with Crippen LogP contribution in [0.5, 0.6) is 0 Å². The van der Waals surface area contributed by atoms with Crippen LogP contribution in [0.4, 0.5) is 14.7 Å². The van der Waals surface area contributed by atoms with E-state index in [4.69, 9.17) is 22.4 Å². The summed E-state index contributed by atoms with van der Waals surface area (Å²) in [5.74, 6) is 2.61. The second-order valence-electron chi connectivity index (χ2n) is 7.41. The molecular formula is C22H23F2N7O2. The van der Waals surface area contributed by atoms with E-state index in [0.717, 1.165) is 6.07 Å². The normalized spacial score (nSPS) is 12.4. The number of carboxylic acids is 1. The van der Waals surface area contributed by atoms with E-state index in [1.807, 2.05) is 0 Å². The largest absolute Gasteiger partial charge is 0.481 e. The molecule has 0 aliphatic heterocycles. The molecule has 1 unspecified atom stereocenters. The number of hydrogen-bond acceptors (Lipinski definition) is 8. The minimum Gasteiger partial charge on any atom is -0.481 e. The number of halogens is 2. The first-order chi connectivity index (χ1) is 15.6. The van der Waals surface area contributed by atoms with Crippen molar-refractivity contribution in [1.29, 1.82) is 0 Å². The molecule has 1 atom stereocenters. The zero-order valence-electron chi connectivity index (χ0n) is 17.7. The molecule has 9 nitrogen and oxygen atoms in total. The van der Waals surface area contributed by atoms with Crippen LogP contribution in [0.15, 0.2) is 48.7 Å². The minimum atomic E-state index is -1.06. The molecule has 0 saturated heterocycles. The molecule has 33 heavy (non-hydrogen) atoms. The van der Waals surface area contributed by atoms with E-state index in [9.17, 15) is 13.6 Å². The number of aromatic nitrogens is 3. The summed E-state index contributed by atoms with van der Waals surface area (Å²) < 4.78 is 27.8. The van der Waals surface area contributed by atoms with Crippen LogP contribution in [-0.4, -0.2) is 31.0 Å². The zero-order valence-corrected chi connectivity index (χ0v) is 17.7. The average molecular weight is 455 g/mol. The van der Waals surface area contributed by atoms with Crippen molar-refractivity contribution >= 4 is 17.6 Å². The third-order valence-corrected chi connectivity index (χ3v) is 4.73. The number of anilines is 1. The second kappa shape index (κ2) is 10.0. The summed E-state index contributed by atoms with van der Waals surface area (Å²) in [7, 11) is 0. The smallest absolute Gasteiger partial charge is 0.304 e. The molecule has 0 fully saturated rings. The Morgan fingerprint density at radius 2 is 1.91 bits per heavy atom. The van der Waals surface area contributed by atoms with Crippen molar-refractivity contribution in [1.82, 2.24) is 20.0 Å². The van der Waals surface area contributed by atoms with Gasteiger partial charge in [-0.15, -0.1) is 0 Å². The average Bonchev–Trinajstić information content (AvgIpc) is 2.74. The Kier molecular flexibility index (Phi) is 7.13. The van der Waals surface area contributed by atoms with Gasteiger partial charge >= 0.3 is 5.97 Å². The van der Waals surface area contributed by atoms with Crippen LogP contribution in [0.1, 0.15) is 36.3 Å². The van der Waals surface area contributed by atoms with Gasteiger partial charge in [0.05, 0.1) is 35.7 Å². The lowest BCUT2D eigenvalue weighted by Gasteiger charge is -2.16. The van der Waals surface area contributed by atoms with Gasteiger partial charge in [0.1, 0.15) is 0 Å². The van der Waals surface area contributed by atoms with Crippen molar-refractivity contribution in [3.8, 4) is 11.3 Å². The van der Waals surface area contributed by atoms with Crippen molar-refractivity contribution in [2.24, 2.45) is 11.6 Å². The monoisotopic (exact) mass is 455 g/mol. The number of carboxylic acid groups (broad SMARTS) is 1. The molecule has 0 spiro atoms. The third kappa shape index (κ3) is 5.98. The molecule has 0 bridgehead atoms. The summed E-state index contributed by atoms with van der Waals surface area (Å²) in [5.41, 5.74) is 13.3.